The van der Waals surface area contributed by atoms with Gasteiger partial charge in [0.25, 0.3) is 0 Å². The second-order valence-corrected chi connectivity index (χ2v) is 16.4. The van der Waals surface area contributed by atoms with E-state index in [0.29, 0.717) is 49.4 Å². The molecular weight excluding hydrogens is 858 g/mol. The monoisotopic (exact) mass is 908 g/mol. The van der Waals surface area contributed by atoms with E-state index in [0.717, 1.165) is 24.3 Å². The molecule has 292 valence electrons. The summed E-state index contributed by atoms with van der Waals surface area (Å²) in [5, 5.41) is 0. The van der Waals surface area contributed by atoms with Crippen molar-refractivity contribution in [1.82, 2.24) is 0 Å². The maximum atomic E-state index is 12.1. The molecule has 0 aromatic heterocycles. The van der Waals surface area contributed by atoms with E-state index in [1.165, 1.54) is 12.1 Å². The Kier molecular flexibility index (Phi) is 23.2. The van der Waals surface area contributed by atoms with Gasteiger partial charge in [-0.1, -0.05) is 55.4 Å². The van der Waals surface area contributed by atoms with Gasteiger partial charge in [-0.05, 0) is 85.8 Å². The van der Waals surface area contributed by atoms with Crippen molar-refractivity contribution in [3.05, 3.63) is 58.7 Å². The van der Waals surface area contributed by atoms with Gasteiger partial charge < -0.3 is 28.1 Å². The molecule has 0 spiro atoms. The Balaban J connectivity index is 0.00000100. The third kappa shape index (κ3) is 20.8. The maximum absolute atomic E-state index is 12.1. The van der Waals surface area contributed by atoms with Crippen LogP contribution in [-0.4, -0.2) is 125 Å². The molecule has 0 saturated heterocycles. The van der Waals surface area contributed by atoms with Crippen LogP contribution in [0.5, 0.6) is 0 Å². The molecule has 0 aliphatic rings. The minimum absolute atomic E-state index is 0. The van der Waals surface area contributed by atoms with E-state index in [2.05, 4.69) is 0 Å². The standard InChI is InChI=1S/2C18H26O7S.Ba/c2*1-12(2)5-7-24-17(19)14-9-15(11-16(10-14)26(21,22)23)18(20)25-8-6-13(3)4;/h2*9-13H,5-8H2,1-4H3,(H,21,22,23);/q;;+2/p-2. The first-order chi connectivity index (χ1) is 24.0. The SMILES string of the molecule is CC(C)CCOC(=O)c1cc(C(=O)OCCC(C)C)cc(S(=O)(=O)[O-])c1.CC(C)CCOC(=O)c1cc(C(=O)OCCC(C)C)cc(S(=O)(=O)[O-])c1.[Ba+2]. The molecule has 0 bridgehead atoms. The average molecular weight is 908 g/mol. The van der Waals surface area contributed by atoms with Crippen molar-refractivity contribution in [3.8, 4) is 0 Å². The number of hydrogen-bond donors (Lipinski definition) is 0. The molecule has 2 aromatic carbocycles. The zero-order chi connectivity index (χ0) is 39.8. The smallest absolute Gasteiger partial charge is 0.744 e. The fourth-order valence-corrected chi connectivity index (χ4v) is 4.93. The normalized spacial score (nSPS) is 11.4. The molecule has 0 heterocycles. The van der Waals surface area contributed by atoms with Crippen LogP contribution in [0.25, 0.3) is 0 Å². The van der Waals surface area contributed by atoms with E-state index < -0.39 is 53.9 Å². The van der Waals surface area contributed by atoms with Gasteiger partial charge in [0.2, 0.25) is 0 Å². The van der Waals surface area contributed by atoms with Crippen LogP contribution in [0.1, 0.15) is 123 Å². The molecule has 0 radical (unpaired) electrons. The number of ether oxygens (including phenoxy) is 4. The molecule has 2 aromatic rings. The Morgan fingerprint density at radius 2 is 0.642 bits per heavy atom. The Bertz CT molecular complexity index is 1520. The largest absolute Gasteiger partial charge is 2.00 e. The molecular formula is C36H50BaO14S2. The third-order valence-electron chi connectivity index (χ3n) is 7.05. The van der Waals surface area contributed by atoms with E-state index in [9.17, 15) is 45.1 Å². The van der Waals surface area contributed by atoms with Crippen LogP contribution in [0, 0.1) is 23.7 Å². The van der Waals surface area contributed by atoms with Crippen molar-refractivity contribution in [1.29, 1.82) is 0 Å². The van der Waals surface area contributed by atoms with E-state index in [-0.39, 0.29) is 97.6 Å². The molecule has 2 rings (SSSR count). The molecule has 0 fully saturated rings. The quantitative estimate of drug-likeness (QED) is 0.0768. The minimum atomic E-state index is -4.85. The maximum Gasteiger partial charge on any atom is 2.00 e. The number of rotatable bonds is 18. The molecule has 53 heavy (non-hydrogen) atoms. The van der Waals surface area contributed by atoms with Gasteiger partial charge in [0.05, 0.1) is 58.5 Å². The van der Waals surface area contributed by atoms with Crippen molar-refractivity contribution >= 4 is 93.0 Å². The summed E-state index contributed by atoms with van der Waals surface area (Å²) >= 11 is 0. The minimum Gasteiger partial charge on any atom is -0.744 e. The summed E-state index contributed by atoms with van der Waals surface area (Å²) in [7, 11) is -9.70. The predicted octanol–water partition coefficient (Wildman–Crippen LogP) is 5.61. The van der Waals surface area contributed by atoms with Crippen LogP contribution in [0.4, 0.5) is 0 Å². The van der Waals surface area contributed by atoms with Crippen LogP contribution in [-0.2, 0) is 39.2 Å². The fraction of sp³-hybridized carbons (Fsp3) is 0.556. The zero-order valence-corrected chi connectivity index (χ0v) is 37.7. The van der Waals surface area contributed by atoms with Gasteiger partial charge in [-0.25, -0.2) is 36.0 Å². The van der Waals surface area contributed by atoms with Gasteiger partial charge in [0, 0.05) is 0 Å². The fourth-order valence-electron chi connectivity index (χ4n) is 3.84. The van der Waals surface area contributed by atoms with Crippen molar-refractivity contribution in [2.75, 3.05) is 26.4 Å². The summed E-state index contributed by atoms with van der Waals surface area (Å²) < 4.78 is 88.2. The van der Waals surface area contributed by atoms with E-state index in [1.54, 1.807) is 0 Å². The van der Waals surface area contributed by atoms with Gasteiger partial charge in [0.15, 0.2) is 0 Å². The van der Waals surface area contributed by atoms with Crippen molar-refractivity contribution < 1.29 is 64.1 Å². The van der Waals surface area contributed by atoms with Crippen molar-refractivity contribution in [3.63, 3.8) is 0 Å². The van der Waals surface area contributed by atoms with Crippen LogP contribution in [0.2, 0.25) is 0 Å². The third-order valence-corrected chi connectivity index (χ3v) is 8.67. The van der Waals surface area contributed by atoms with Gasteiger partial charge in [-0.3, -0.25) is 0 Å². The van der Waals surface area contributed by atoms with E-state index >= 15 is 0 Å². The van der Waals surface area contributed by atoms with Gasteiger partial charge >= 0.3 is 72.8 Å². The van der Waals surface area contributed by atoms with Crippen LogP contribution in [0.15, 0.2) is 46.2 Å². The number of carbonyl (C=O) groups is 4. The number of esters is 4. The molecule has 17 heteroatoms. The van der Waals surface area contributed by atoms with Crippen LogP contribution in [0.3, 0.4) is 0 Å². The average Bonchev–Trinajstić information content (AvgIpc) is 3.02. The summed E-state index contributed by atoms with van der Waals surface area (Å²) in [6, 6.07) is 5.97. The van der Waals surface area contributed by atoms with Crippen LogP contribution < -0.4 is 0 Å². The summed E-state index contributed by atoms with van der Waals surface area (Å²) in [5.41, 5.74) is -0.717. The number of hydrogen-bond acceptors (Lipinski definition) is 14. The molecule has 0 atom stereocenters. The Morgan fingerprint density at radius 3 is 0.792 bits per heavy atom. The van der Waals surface area contributed by atoms with E-state index in [1.807, 2.05) is 55.4 Å². The summed E-state index contributed by atoms with van der Waals surface area (Å²) in [6.45, 7) is 16.3. The summed E-state index contributed by atoms with van der Waals surface area (Å²) in [4.78, 5) is 47.1. The second-order valence-electron chi connectivity index (χ2n) is 13.7. The summed E-state index contributed by atoms with van der Waals surface area (Å²) in [6.07, 6.45) is 2.54. The molecule has 14 nitrogen and oxygen atoms in total. The Morgan fingerprint density at radius 1 is 0.453 bits per heavy atom. The Hall–Kier alpha value is -2.29. The molecule has 0 aliphatic carbocycles. The molecule has 0 unspecified atom stereocenters. The van der Waals surface area contributed by atoms with Gasteiger partial charge in [-0.15, -0.1) is 0 Å². The first-order valence-corrected chi connectivity index (χ1v) is 19.7. The van der Waals surface area contributed by atoms with Crippen LogP contribution >= 0.6 is 0 Å². The zero-order valence-electron chi connectivity index (χ0n) is 31.7. The first-order valence-electron chi connectivity index (χ1n) is 16.9. The topological polar surface area (TPSA) is 220 Å². The Labute approximate surface area is 353 Å². The first kappa shape index (κ1) is 50.7. The van der Waals surface area contributed by atoms with Gasteiger partial charge in [0.1, 0.15) is 20.2 Å². The van der Waals surface area contributed by atoms with Crippen molar-refractivity contribution in [2.24, 2.45) is 23.7 Å². The van der Waals surface area contributed by atoms with Gasteiger partial charge in [-0.2, -0.15) is 0 Å². The summed E-state index contributed by atoms with van der Waals surface area (Å²) in [5.74, 6) is -1.91. The molecule has 0 amide bonds. The number of carbonyl (C=O) groups excluding carboxylic acids is 4. The second kappa shape index (κ2) is 24.3. The molecule has 0 aliphatic heterocycles. The molecule has 0 N–H and O–H groups in total. The number of benzene rings is 2. The van der Waals surface area contributed by atoms with Crippen molar-refractivity contribution in [2.45, 2.75) is 90.9 Å². The van der Waals surface area contributed by atoms with E-state index in [4.69, 9.17) is 18.9 Å². The predicted molar refractivity (Wildman–Crippen MR) is 194 cm³/mol. The molecule has 0 saturated carbocycles.